The molecule has 0 spiro atoms. The Morgan fingerprint density at radius 2 is 1.71 bits per heavy atom. The van der Waals surface area contributed by atoms with E-state index in [1.165, 1.54) is 0 Å². The van der Waals surface area contributed by atoms with Crippen molar-refractivity contribution in [3.05, 3.63) is 67.1 Å². The van der Waals surface area contributed by atoms with E-state index in [9.17, 15) is 0 Å². The maximum Gasteiger partial charge on any atom is 0.152 e. The Hall–Kier alpha value is -2.35. The molecule has 2 heteroatoms. The van der Waals surface area contributed by atoms with Crippen molar-refractivity contribution >= 4 is 0 Å². The number of hydrogen-bond acceptors (Lipinski definition) is 2. The van der Waals surface area contributed by atoms with Gasteiger partial charge in [-0.15, -0.1) is 0 Å². The fourth-order valence-electron chi connectivity index (χ4n) is 1.87. The highest BCUT2D eigenvalue weighted by molar-refractivity contribution is 5.78. The molecule has 0 radical (unpaired) electrons. The molecule has 1 aromatic carbocycles. The second-order valence-electron chi connectivity index (χ2n) is 3.74. The number of pyridine rings is 1. The summed E-state index contributed by atoms with van der Waals surface area (Å²) in [6.45, 7) is 0. The molecular weight excluding hydrogens is 210 g/mol. The molecule has 2 nitrogen and oxygen atoms in total. The van der Waals surface area contributed by atoms with E-state index in [-0.39, 0.29) is 0 Å². The molecule has 0 unspecified atom stereocenters. The van der Waals surface area contributed by atoms with Crippen LogP contribution < -0.4 is 0 Å². The molecule has 2 aromatic heterocycles. The van der Waals surface area contributed by atoms with Gasteiger partial charge in [-0.25, -0.2) is 0 Å². The van der Waals surface area contributed by atoms with Gasteiger partial charge in [0.1, 0.15) is 5.69 Å². The van der Waals surface area contributed by atoms with Crippen molar-refractivity contribution in [3.8, 4) is 22.6 Å². The zero-order valence-electron chi connectivity index (χ0n) is 9.21. The minimum absolute atomic E-state index is 0.796. The van der Waals surface area contributed by atoms with Gasteiger partial charge in [0.2, 0.25) is 0 Å². The van der Waals surface area contributed by atoms with E-state index in [2.05, 4.69) is 23.2 Å². The first-order valence-corrected chi connectivity index (χ1v) is 5.49. The predicted octanol–water partition coefficient (Wildman–Crippen LogP) is 4.01. The van der Waals surface area contributed by atoms with Crippen LogP contribution in [-0.4, -0.2) is 4.98 Å². The van der Waals surface area contributed by atoms with Gasteiger partial charge < -0.3 is 4.42 Å². The average Bonchev–Trinajstić information content (AvgIpc) is 2.94. The molecule has 0 saturated heterocycles. The first kappa shape index (κ1) is 9.85. The van der Waals surface area contributed by atoms with Crippen LogP contribution in [0.25, 0.3) is 22.6 Å². The number of aromatic nitrogens is 1. The Balaban J connectivity index is 2.18. The lowest BCUT2D eigenvalue weighted by atomic mass is 10.0. The molecule has 0 bridgehead atoms. The quantitative estimate of drug-likeness (QED) is 0.653. The highest BCUT2D eigenvalue weighted by atomic mass is 16.3. The maximum absolute atomic E-state index is 5.42. The van der Waals surface area contributed by atoms with Crippen molar-refractivity contribution in [2.24, 2.45) is 0 Å². The predicted molar refractivity (Wildman–Crippen MR) is 67.4 cm³/mol. The fourth-order valence-corrected chi connectivity index (χ4v) is 1.87. The van der Waals surface area contributed by atoms with Gasteiger partial charge in [0.25, 0.3) is 0 Å². The number of hydrogen-bond donors (Lipinski definition) is 0. The second kappa shape index (κ2) is 4.26. The van der Waals surface area contributed by atoms with E-state index in [1.54, 1.807) is 12.5 Å². The van der Waals surface area contributed by atoms with Gasteiger partial charge in [0.05, 0.1) is 6.26 Å². The Labute approximate surface area is 99.6 Å². The van der Waals surface area contributed by atoms with Crippen LogP contribution in [0, 0.1) is 0 Å². The molecule has 0 amide bonds. The largest absolute Gasteiger partial charge is 0.463 e. The molecule has 0 N–H and O–H groups in total. The van der Waals surface area contributed by atoms with Gasteiger partial charge >= 0.3 is 0 Å². The van der Waals surface area contributed by atoms with Crippen molar-refractivity contribution < 1.29 is 4.42 Å². The second-order valence-corrected chi connectivity index (χ2v) is 3.74. The SMILES string of the molecule is c1ccc(-c2cccnc2-c2ccco2)cc1. The van der Waals surface area contributed by atoms with Crippen molar-refractivity contribution in [2.75, 3.05) is 0 Å². The third kappa shape index (κ3) is 1.85. The van der Waals surface area contributed by atoms with E-state index < -0.39 is 0 Å². The van der Waals surface area contributed by atoms with E-state index in [0.29, 0.717) is 0 Å². The number of furan rings is 1. The van der Waals surface area contributed by atoms with Gasteiger partial charge in [-0.3, -0.25) is 4.98 Å². The Bertz CT molecular complexity index is 600. The van der Waals surface area contributed by atoms with Crippen molar-refractivity contribution in [1.82, 2.24) is 4.98 Å². The zero-order valence-corrected chi connectivity index (χ0v) is 9.21. The highest BCUT2D eigenvalue weighted by Gasteiger charge is 2.09. The third-order valence-electron chi connectivity index (χ3n) is 2.65. The van der Waals surface area contributed by atoms with Crippen molar-refractivity contribution in [1.29, 1.82) is 0 Å². The normalized spacial score (nSPS) is 10.4. The Morgan fingerprint density at radius 3 is 2.47 bits per heavy atom. The van der Waals surface area contributed by atoms with Crippen LogP contribution in [0.15, 0.2) is 71.5 Å². The molecule has 17 heavy (non-hydrogen) atoms. The lowest BCUT2D eigenvalue weighted by Gasteiger charge is -2.05. The van der Waals surface area contributed by atoms with Gasteiger partial charge in [-0.1, -0.05) is 36.4 Å². The molecular formula is C15H11NO. The van der Waals surface area contributed by atoms with Crippen LogP contribution in [0.4, 0.5) is 0 Å². The zero-order chi connectivity index (χ0) is 11.5. The number of nitrogens with zero attached hydrogens (tertiary/aromatic N) is 1. The van der Waals surface area contributed by atoms with Crippen LogP contribution in [0.1, 0.15) is 0 Å². The Kier molecular flexibility index (Phi) is 2.47. The topological polar surface area (TPSA) is 26.0 Å². The van der Waals surface area contributed by atoms with E-state index in [1.807, 2.05) is 36.4 Å². The van der Waals surface area contributed by atoms with Gasteiger partial charge in [0, 0.05) is 11.8 Å². The lowest BCUT2D eigenvalue weighted by molar-refractivity contribution is 0.580. The van der Waals surface area contributed by atoms with E-state index in [0.717, 1.165) is 22.6 Å². The minimum Gasteiger partial charge on any atom is -0.463 e. The number of rotatable bonds is 2. The maximum atomic E-state index is 5.42. The van der Waals surface area contributed by atoms with Crippen molar-refractivity contribution in [3.63, 3.8) is 0 Å². The monoisotopic (exact) mass is 221 g/mol. The highest BCUT2D eigenvalue weighted by Crippen LogP contribution is 2.29. The molecule has 0 aliphatic carbocycles. The summed E-state index contributed by atoms with van der Waals surface area (Å²) in [6, 6.07) is 18.0. The fraction of sp³-hybridized carbons (Fsp3) is 0. The summed E-state index contributed by atoms with van der Waals surface area (Å²) < 4.78 is 5.42. The lowest BCUT2D eigenvalue weighted by Crippen LogP contribution is -1.86. The molecule has 2 heterocycles. The van der Waals surface area contributed by atoms with Gasteiger partial charge in [0.15, 0.2) is 5.76 Å². The molecule has 3 aromatic rings. The first-order valence-electron chi connectivity index (χ1n) is 5.49. The summed E-state index contributed by atoms with van der Waals surface area (Å²) in [6.07, 6.45) is 3.45. The van der Waals surface area contributed by atoms with E-state index in [4.69, 9.17) is 4.42 Å². The van der Waals surface area contributed by atoms with E-state index >= 15 is 0 Å². The molecule has 3 rings (SSSR count). The smallest absolute Gasteiger partial charge is 0.152 e. The molecule has 0 aliphatic heterocycles. The standard InChI is InChI=1S/C15H11NO/c1-2-6-12(7-3-1)13-8-4-10-16-15(13)14-9-5-11-17-14/h1-11H. The summed E-state index contributed by atoms with van der Waals surface area (Å²) in [5, 5.41) is 0. The summed E-state index contributed by atoms with van der Waals surface area (Å²) in [5.41, 5.74) is 3.11. The molecule has 0 atom stereocenters. The van der Waals surface area contributed by atoms with Crippen molar-refractivity contribution in [2.45, 2.75) is 0 Å². The number of benzene rings is 1. The molecule has 0 aliphatic rings. The average molecular weight is 221 g/mol. The van der Waals surface area contributed by atoms with Crippen LogP contribution in [0.2, 0.25) is 0 Å². The molecule has 82 valence electrons. The van der Waals surface area contributed by atoms with Gasteiger partial charge in [-0.2, -0.15) is 0 Å². The van der Waals surface area contributed by atoms with Crippen LogP contribution in [0.5, 0.6) is 0 Å². The summed E-state index contributed by atoms with van der Waals surface area (Å²) >= 11 is 0. The first-order chi connectivity index (χ1) is 8.45. The Morgan fingerprint density at radius 1 is 0.824 bits per heavy atom. The third-order valence-corrected chi connectivity index (χ3v) is 2.65. The van der Waals surface area contributed by atoms with Crippen LogP contribution in [-0.2, 0) is 0 Å². The van der Waals surface area contributed by atoms with Gasteiger partial charge in [-0.05, 0) is 23.8 Å². The van der Waals surface area contributed by atoms with Crippen LogP contribution in [0.3, 0.4) is 0 Å². The summed E-state index contributed by atoms with van der Waals surface area (Å²) in [4.78, 5) is 4.40. The summed E-state index contributed by atoms with van der Waals surface area (Å²) in [5.74, 6) is 0.796. The molecule has 0 saturated carbocycles. The van der Waals surface area contributed by atoms with Crippen LogP contribution >= 0.6 is 0 Å². The summed E-state index contributed by atoms with van der Waals surface area (Å²) in [7, 11) is 0. The minimum atomic E-state index is 0.796. The molecule has 0 fully saturated rings.